The van der Waals surface area contributed by atoms with Gasteiger partial charge in [0.2, 0.25) is 5.91 Å². The van der Waals surface area contributed by atoms with Gasteiger partial charge in [0.1, 0.15) is 0 Å². The molecule has 25 heavy (non-hydrogen) atoms. The minimum absolute atomic E-state index is 0. The summed E-state index contributed by atoms with van der Waals surface area (Å²) in [7, 11) is 0. The molecule has 2 unspecified atom stereocenters. The molecule has 0 aliphatic carbocycles. The summed E-state index contributed by atoms with van der Waals surface area (Å²) in [6.45, 7) is 2.09. The van der Waals surface area contributed by atoms with Crippen LogP contribution in [0.4, 0.5) is 0 Å². The zero-order chi connectivity index (χ0) is 15.9. The van der Waals surface area contributed by atoms with Crippen LogP contribution in [-0.4, -0.2) is 36.7 Å². The third kappa shape index (κ3) is 6.29. The number of ether oxygens (including phenoxy) is 1. The third-order valence-corrected chi connectivity index (χ3v) is 3.91. The van der Waals surface area contributed by atoms with Crippen LogP contribution in [0, 0.1) is 0 Å². The fraction of sp³-hybridized carbons (Fsp3) is 0.333. The fourth-order valence-corrected chi connectivity index (χ4v) is 2.76. The monoisotopic (exact) mass is 383 g/mol. The molecule has 0 saturated carbocycles. The number of nitrogens with zero attached hydrogens (tertiary/aromatic N) is 1. The van der Waals surface area contributed by atoms with E-state index < -0.39 is 0 Å². The highest BCUT2D eigenvalue weighted by Gasteiger charge is 2.21. The first-order chi connectivity index (χ1) is 11.3. The van der Waals surface area contributed by atoms with E-state index in [4.69, 9.17) is 4.74 Å². The third-order valence-electron chi connectivity index (χ3n) is 3.91. The van der Waals surface area contributed by atoms with Crippen LogP contribution in [0.2, 0.25) is 0 Å². The zero-order valence-corrected chi connectivity index (χ0v) is 15.4. The maximum Gasteiger partial charge on any atom is 0.222 e. The van der Waals surface area contributed by atoms with E-state index in [9.17, 15) is 4.79 Å². The minimum Gasteiger partial charge on any atom is -0.378 e. The topological polar surface area (TPSA) is 63.2 Å². The second kappa shape index (κ2) is 11.1. The molecule has 1 aromatic heterocycles. The summed E-state index contributed by atoms with van der Waals surface area (Å²) < 4.78 is 5.41. The molecule has 2 aromatic rings. The van der Waals surface area contributed by atoms with Crippen molar-refractivity contribution in [1.82, 2.24) is 15.6 Å². The second-order valence-electron chi connectivity index (χ2n) is 5.62. The number of carbonyl (C=O) groups excluding carboxylic acids is 1. The predicted octanol–water partition coefficient (Wildman–Crippen LogP) is 2.51. The van der Waals surface area contributed by atoms with Crippen molar-refractivity contribution in [1.29, 1.82) is 0 Å². The maximum absolute atomic E-state index is 12.4. The van der Waals surface area contributed by atoms with Crippen LogP contribution in [-0.2, 0) is 9.53 Å². The molecule has 7 heteroatoms. The molecule has 1 amide bonds. The normalized spacial score (nSPS) is 17.5. The average molecular weight is 384 g/mol. The van der Waals surface area contributed by atoms with Gasteiger partial charge in [-0.05, 0) is 23.3 Å². The number of hydrogen-bond acceptors (Lipinski definition) is 4. The van der Waals surface area contributed by atoms with E-state index in [1.165, 1.54) is 0 Å². The van der Waals surface area contributed by atoms with Gasteiger partial charge in [-0.25, -0.2) is 0 Å². The quantitative estimate of drug-likeness (QED) is 0.832. The molecule has 5 nitrogen and oxygen atoms in total. The van der Waals surface area contributed by atoms with Crippen LogP contribution in [0.1, 0.15) is 23.6 Å². The van der Waals surface area contributed by atoms with Gasteiger partial charge in [-0.1, -0.05) is 30.3 Å². The summed E-state index contributed by atoms with van der Waals surface area (Å²) in [5.74, 6) is 0.0127. The summed E-state index contributed by atoms with van der Waals surface area (Å²) >= 11 is 0. The maximum atomic E-state index is 12.4. The Bertz CT molecular complexity index is 583. The molecule has 136 valence electrons. The average Bonchev–Trinajstić information content (AvgIpc) is 2.62. The van der Waals surface area contributed by atoms with E-state index in [0.717, 1.165) is 17.7 Å². The van der Waals surface area contributed by atoms with Crippen LogP contribution < -0.4 is 10.6 Å². The van der Waals surface area contributed by atoms with E-state index in [2.05, 4.69) is 15.6 Å². The van der Waals surface area contributed by atoms with Crippen molar-refractivity contribution in [3.8, 4) is 0 Å². The largest absolute Gasteiger partial charge is 0.378 e. The molecule has 2 atom stereocenters. The molecule has 0 radical (unpaired) electrons. The Morgan fingerprint density at radius 2 is 1.84 bits per heavy atom. The lowest BCUT2D eigenvalue weighted by atomic mass is 9.99. The summed E-state index contributed by atoms with van der Waals surface area (Å²) in [6.07, 6.45) is 3.90. The van der Waals surface area contributed by atoms with Gasteiger partial charge in [-0.3, -0.25) is 9.78 Å². The molecule has 1 saturated heterocycles. The van der Waals surface area contributed by atoms with Gasteiger partial charge in [0.25, 0.3) is 0 Å². The van der Waals surface area contributed by atoms with Crippen LogP contribution in [0.15, 0.2) is 54.9 Å². The van der Waals surface area contributed by atoms with Gasteiger partial charge in [0.05, 0.1) is 19.3 Å². The summed E-state index contributed by atoms with van der Waals surface area (Å²) in [6, 6.07) is 13.7. The Hall–Kier alpha value is -1.66. The number of benzene rings is 1. The molecule has 1 aliphatic rings. The summed E-state index contributed by atoms with van der Waals surface area (Å²) in [5.41, 5.74) is 2.08. The highest BCUT2D eigenvalue weighted by Crippen LogP contribution is 2.21. The van der Waals surface area contributed by atoms with Gasteiger partial charge >= 0.3 is 0 Å². The van der Waals surface area contributed by atoms with Gasteiger partial charge in [-0.2, -0.15) is 0 Å². The number of hydrogen-bond donors (Lipinski definition) is 2. The van der Waals surface area contributed by atoms with Crippen molar-refractivity contribution in [2.75, 3.05) is 19.8 Å². The van der Waals surface area contributed by atoms with Crippen molar-refractivity contribution in [2.45, 2.75) is 18.5 Å². The molecule has 0 bridgehead atoms. The minimum atomic E-state index is -0.170. The van der Waals surface area contributed by atoms with E-state index in [1.54, 1.807) is 12.4 Å². The number of nitrogens with one attached hydrogen (secondary N) is 2. The summed E-state index contributed by atoms with van der Waals surface area (Å²) in [4.78, 5) is 16.5. The molecule has 1 fully saturated rings. The summed E-state index contributed by atoms with van der Waals surface area (Å²) in [5, 5.41) is 6.44. The fourth-order valence-electron chi connectivity index (χ4n) is 2.76. The van der Waals surface area contributed by atoms with Crippen LogP contribution in [0.3, 0.4) is 0 Å². The Labute approximate surface area is 160 Å². The number of pyridine rings is 1. The predicted molar refractivity (Wildman–Crippen MR) is 102 cm³/mol. The van der Waals surface area contributed by atoms with E-state index in [-0.39, 0.29) is 42.8 Å². The number of aromatic nitrogens is 1. The van der Waals surface area contributed by atoms with E-state index in [0.29, 0.717) is 19.6 Å². The molecule has 1 aliphatic heterocycles. The lowest BCUT2D eigenvalue weighted by molar-refractivity contribution is -0.122. The second-order valence-corrected chi connectivity index (χ2v) is 5.62. The lowest BCUT2D eigenvalue weighted by Gasteiger charge is -2.25. The number of rotatable bonds is 5. The molecule has 0 spiro atoms. The Morgan fingerprint density at radius 3 is 2.48 bits per heavy atom. The van der Waals surface area contributed by atoms with E-state index >= 15 is 0 Å². The van der Waals surface area contributed by atoms with Crippen LogP contribution >= 0.6 is 24.8 Å². The highest BCUT2D eigenvalue weighted by atomic mass is 35.5. The number of carbonyl (C=O) groups is 1. The molecule has 2 N–H and O–H groups in total. The van der Waals surface area contributed by atoms with Gasteiger partial charge in [0.15, 0.2) is 0 Å². The van der Waals surface area contributed by atoms with Crippen molar-refractivity contribution >= 4 is 30.7 Å². The van der Waals surface area contributed by atoms with Crippen LogP contribution in [0.25, 0.3) is 0 Å². The first-order valence-electron chi connectivity index (χ1n) is 7.88. The van der Waals surface area contributed by atoms with Crippen molar-refractivity contribution in [2.24, 2.45) is 0 Å². The highest BCUT2D eigenvalue weighted by molar-refractivity contribution is 5.85. The smallest absolute Gasteiger partial charge is 0.222 e. The van der Waals surface area contributed by atoms with Crippen molar-refractivity contribution < 1.29 is 9.53 Å². The number of halogens is 2. The first kappa shape index (κ1) is 21.4. The Morgan fingerprint density at radius 1 is 1.16 bits per heavy atom. The first-order valence-corrected chi connectivity index (χ1v) is 7.88. The van der Waals surface area contributed by atoms with Gasteiger partial charge in [-0.15, -0.1) is 24.8 Å². The molecule has 2 heterocycles. The molecular weight excluding hydrogens is 361 g/mol. The molecule has 3 rings (SSSR count). The Balaban J connectivity index is 0.00000156. The van der Waals surface area contributed by atoms with Crippen molar-refractivity contribution in [3.05, 3.63) is 66.0 Å². The van der Waals surface area contributed by atoms with E-state index in [1.807, 2.05) is 42.5 Å². The number of amides is 1. The van der Waals surface area contributed by atoms with Gasteiger partial charge in [0, 0.05) is 31.4 Å². The number of morpholine rings is 1. The lowest BCUT2D eigenvalue weighted by Crippen LogP contribution is -2.44. The van der Waals surface area contributed by atoms with Crippen LogP contribution in [0.5, 0.6) is 0 Å². The standard InChI is InChI=1S/C18H21N3O2.2ClH/c22-17(12-16-13-23-11-10-20-16)21-18(14-4-2-1-3-5-14)15-6-8-19-9-7-15;;/h1-9,16,18,20H,10-13H2,(H,21,22);2*1H. The Kier molecular flexibility index (Phi) is 9.45. The van der Waals surface area contributed by atoms with Gasteiger partial charge < -0.3 is 15.4 Å². The zero-order valence-electron chi connectivity index (χ0n) is 13.8. The SMILES string of the molecule is Cl.Cl.O=C(CC1COCCN1)NC(c1ccccc1)c1ccncc1. The molecular formula is C18H23Cl2N3O2. The van der Waals surface area contributed by atoms with Crippen molar-refractivity contribution in [3.63, 3.8) is 0 Å². The molecule has 1 aromatic carbocycles.